The Morgan fingerprint density at radius 1 is 1.44 bits per heavy atom. The second-order valence-electron chi connectivity index (χ2n) is 4.23. The third kappa shape index (κ3) is 1.66. The van der Waals surface area contributed by atoms with Crippen molar-refractivity contribution >= 4 is 11.3 Å². The molecule has 16 heavy (non-hydrogen) atoms. The molecule has 1 aliphatic carbocycles. The first-order valence-electron chi connectivity index (χ1n) is 5.59. The quantitative estimate of drug-likeness (QED) is 0.861. The van der Waals surface area contributed by atoms with Gasteiger partial charge in [-0.05, 0) is 29.5 Å². The van der Waals surface area contributed by atoms with Gasteiger partial charge in [-0.15, -0.1) is 11.3 Å². The number of rotatable bonds is 2. The van der Waals surface area contributed by atoms with Crippen LogP contribution >= 0.6 is 11.3 Å². The van der Waals surface area contributed by atoms with Gasteiger partial charge in [0.05, 0.1) is 5.01 Å². The Hall–Kier alpha value is -1.19. The summed E-state index contributed by atoms with van der Waals surface area (Å²) in [7, 11) is 0. The van der Waals surface area contributed by atoms with E-state index in [0.717, 1.165) is 19.3 Å². The molecule has 2 nitrogen and oxygen atoms in total. The van der Waals surface area contributed by atoms with Gasteiger partial charge < -0.3 is 5.73 Å². The van der Waals surface area contributed by atoms with Crippen LogP contribution in [0.3, 0.4) is 0 Å². The summed E-state index contributed by atoms with van der Waals surface area (Å²) in [6.07, 6.45) is 5.03. The fourth-order valence-corrected chi connectivity index (χ4v) is 3.07. The van der Waals surface area contributed by atoms with Crippen LogP contribution in [0.15, 0.2) is 29.8 Å². The third-order valence-electron chi connectivity index (χ3n) is 3.24. The minimum absolute atomic E-state index is 0.242. The number of aromatic nitrogens is 1. The molecule has 3 heteroatoms. The van der Waals surface area contributed by atoms with Crippen molar-refractivity contribution in [2.45, 2.75) is 25.3 Å². The summed E-state index contributed by atoms with van der Waals surface area (Å²) in [4.78, 5) is 4.34. The molecule has 0 saturated heterocycles. The zero-order valence-electron chi connectivity index (χ0n) is 9.02. The van der Waals surface area contributed by atoms with Crippen LogP contribution in [-0.2, 0) is 12.8 Å². The Labute approximate surface area is 99.1 Å². The first-order chi connectivity index (χ1) is 7.84. The molecule has 2 N–H and O–H groups in total. The van der Waals surface area contributed by atoms with Crippen LogP contribution in [0.2, 0.25) is 0 Å². The SMILES string of the molecule is NC1CCc2c(Cc3nccs3)cccc21. The van der Waals surface area contributed by atoms with Crippen LogP contribution in [-0.4, -0.2) is 4.98 Å². The highest BCUT2D eigenvalue weighted by molar-refractivity contribution is 7.09. The Bertz CT molecular complexity index is 491. The number of benzene rings is 1. The van der Waals surface area contributed by atoms with E-state index in [0.29, 0.717) is 0 Å². The van der Waals surface area contributed by atoms with Crippen molar-refractivity contribution in [2.75, 3.05) is 0 Å². The zero-order valence-corrected chi connectivity index (χ0v) is 9.83. The van der Waals surface area contributed by atoms with E-state index in [9.17, 15) is 0 Å². The Morgan fingerprint density at radius 3 is 3.19 bits per heavy atom. The second kappa shape index (κ2) is 4.00. The lowest BCUT2D eigenvalue weighted by molar-refractivity contribution is 0.713. The average molecular weight is 230 g/mol. The van der Waals surface area contributed by atoms with Crippen molar-refractivity contribution in [3.05, 3.63) is 51.5 Å². The van der Waals surface area contributed by atoms with E-state index in [2.05, 4.69) is 23.2 Å². The monoisotopic (exact) mass is 230 g/mol. The summed E-state index contributed by atoms with van der Waals surface area (Å²) in [5.41, 5.74) is 10.3. The Kier molecular flexibility index (Phi) is 2.50. The van der Waals surface area contributed by atoms with Gasteiger partial charge in [0.25, 0.3) is 0 Å². The predicted octanol–water partition coefficient (Wildman–Crippen LogP) is 2.68. The van der Waals surface area contributed by atoms with Crippen molar-refractivity contribution < 1.29 is 0 Å². The lowest BCUT2D eigenvalue weighted by Gasteiger charge is -2.08. The van der Waals surface area contributed by atoms with Gasteiger partial charge in [-0.1, -0.05) is 18.2 Å². The highest BCUT2D eigenvalue weighted by Crippen LogP contribution is 2.32. The topological polar surface area (TPSA) is 38.9 Å². The van der Waals surface area contributed by atoms with Crippen LogP contribution in [0.1, 0.15) is 34.2 Å². The number of hydrogen-bond acceptors (Lipinski definition) is 3. The largest absolute Gasteiger partial charge is 0.324 e. The van der Waals surface area contributed by atoms with Crippen molar-refractivity contribution in [3.8, 4) is 0 Å². The summed E-state index contributed by atoms with van der Waals surface area (Å²) in [6.45, 7) is 0. The molecule has 0 saturated carbocycles. The number of fused-ring (bicyclic) bond motifs is 1. The van der Waals surface area contributed by atoms with Crippen LogP contribution in [0.5, 0.6) is 0 Å². The van der Waals surface area contributed by atoms with E-state index in [1.54, 1.807) is 11.3 Å². The molecular formula is C13H14N2S. The molecule has 1 aromatic carbocycles. The third-order valence-corrected chi connectivity index (χ3v) is 4.02. The molecule has 1 aromatic heterocycles. The van der Waals surface area contributed by atoms with Gasteiger partial charge in [-0.25, -0.2) is 4.98 Å². The maximum Gasteiger partial charge on any atom is 0.0968 e. The van der Waals surface area contributed by atoms with Crippen LogP contribution in [0.25, 0.3) is 0 Å². The summed E-state index contributed by atoms with van der Waals surface area (Å²) >= 11 is 1.72. The van der Waals surface area contributed by atoms with Crippen LogP contribution in [0, 0.1) is 0 Å². The van der Waals surface area contributed by atoms with E-state index >= 15 is 0 Å². The molecule has 82 valence electrons. The van der Waals surface area contributed by atoms with Gasteiger partial charge in [-0.3, -0.25) is 0 Å². The highest BCUT2D eigenvalue weighted by atomic mass is 32.1. The molecule has 0 aliphatic heterocycles. The smallest absolute Gasteiger partial charge is 0.0968 e. The fraction of sp³-hybridized carbons (Fsp3) is 0.308. The van der Waals surface area contributed by atoms with Gasteiger partial charge in [0.1, 0.15) is 0 Å². The molecule has 0 bridgehead atoms. The molecule has 1 heterocycles. The van der Waals surface area contributed by atoms with Crippen molar-refractivity contribution in [1.82, 2.24) is 4.98 Å². The normalized spacial score (nSPS) is 18.7. The first-order valence-corrected chi connectivity index (χ1v) is 6.47. The molecule has 0 fully saturated rings. The van der Waals surface area contributed by atoms with E-state index in [1.807, 2.05) is 11.6 Å². The van der Waals surface area contributed by atoms with Gasteiger partial charge in [0.2, 0.25) is 0 Å². The molecular weight excluding hydrogens is 216 g/mol. The maximum absolute atomic E-state index is 6.08. The van der Waals surface area contributed by atoms with Gasteiger partial charge in [0, 0.05) is 24.0 Å². The number of nitrogens with zero attached hydrogens (tertiary/aromatic N) is 1. The fourth-order valence-electron chi connectivity index (χ4n) is 2.43. The molecule has 1 aliphatic rings. The van der Waals surface area contributed by atoms with Crippen molar-refractivity contribution in [3.63, 3.8) is 0 Å². The highest BCUT2D eigenvalue weighted by Gasteiger charge is 2.21. The lowest BCUT2D eigenvalue weighted by atomic mass is 10.0. The molecule has 2 aromatic rings. The summed E-state index contributed by atoms with van der Waals surface area (Å²) in [5, 5.41) is 3.22. The zero-order chi connectivity index (χ0) is 11.0. The van der Waals surface area contributed by atoms with Gasteiger partial charge in [-0.2, -0.15) is 0 Å². The molecule has 1 atom stereocenters. The number of nitrogens with two attached hydrogens (primary N) is 1. The van der Waals surface area contributed by atoms with Crippen molar-refractivity contribution in [2.24, 2.45) is 5.73 Å². The second-order valence-corrected chi connectivity index (χ2v) is 5.21. The summed E-state index contributed by atoms with van der Waals surface area (Å²) in [5.74, 6) is 0. The summed E-state index contributed by atoms with van der Waals surface area (Å²) < 4.78 is 0. The Balaban J connectivity index is 1.97. The molecule has 0 spiro atoms. The number of thiazole rings is 1. The average Bonchev–Trinajstić information content (AvgIpc) is 2.90. The maximum atomic E-state index is 6.08. The molecule has 3 rings (SSSR count). The standard InChI is InChI=1S/C13H14N2S/c14-12-5-4-10-9(2-1-3-11(10)12)8-13-15-6-7-16-13/h1-3,6-7,12H,4-5,8,14H2. The van der Waals surface area contributed by atoms with Crippen molar-refractivity contribution in [1.29, 1.82) is 0 Å². The van der Waals surface area contributed by atoms with Gasteiger partial charge >= 0.3 is 0 Å². The minimum Gasteiger partial charge on any atom is -0.324 e. The van der Waals surface area contributed by atoms with E-state index in [4.69, 9.17) is 5.73 Å². The molecule has 0 radical (unpaired) electrons. The Morgan fingerprint density at radius 2 is 2.38 bits per heavy atom. The summed E-state index contributed by atoms with van der Waals surface area (Å²) in [6, 6.07) is 6.73. The predicted molar refractivity (Wildman–Crippen MR) is 66.6 cm³/mol. The van der Waals surface area contributed by atoms with Gasteiger partial charge in [0.15, 0.2) is 0 Å². The molecule has 1 unspecified atom stereocenters. The minimum atomic E-state index is 0.242. The van der Waals surface area contributed by atoms with E-state index < -0.39 is 0 Å². The molecule has 0 amide bonds. The first kappa shape index (κ1) is 10.00. The van der Waals surface area contributed by atoms with Crippen LogP contribution in [0.4, 0.5) is 0 Å². The van der Waals surface area contributed by atoms with Crippen LogP contribution < -0.4 is 5.73 Å². The van der Waals surface area contributed by atoms with E-state index in [1.165, 1.54) is 21.7 Å². The lowest BCUT2D eigenvalue weighted by Crippen LogP contribution is -2.05. The van der Waals surface area contributed by atoms with E-state index in [-0.39, 0.29) is 6.04 Å². The number of hydrogen-bond donors (Lipinski definition) is 1.